The van der Waals surface area contributed by atoms with Crippen molar-refractivity contribution in [2.45, 2.75) is 6.42 Å². The normalized spacial score (nSPS) is 10.8. The zero-order chi connectivity index (χ0) is 9.10. The Labute approximate surface area is 76.6 Å². The lowest BCUT2D eigenvalue weighted by molar-refractivity contribution is 0.794. The first kappa shape index (κ1) is 8.19. The average molecular weight is 176 g/mol. The van der Waals surface area contributed by atoms with Crippen LogP contribution in [0.4, 0.5) is 0 Å². The van der Waals surface area contributed by atoms with E-state index in [1.165, 1.54) is 5.56 Å². The zero-order valence-electron chi connectivity index (χ0n) is 7.57. The summed E-state index contributed by atoms with van der Waals surface area (Å²) in [6.07, 6.45) is 8.33. The fraction of sp³-hybridized carbons (Fsp3) is 0.333. The van der Waals surface area contributed by atoms with Gasteiger partial charge in [-0.1, -0.05) is 0 Å². The highest BCUT2D eigenvalue weighted by molar-refractivity contribution is 5.51. The van der Waals surface area contributed by atoms with E-state index >= 15 is 0 Å². The predicted octanol–water partition coefficient (Wildman–Crippen LogP) is 0.491. The smallest absolute Gasteiger partial charge is 0.0877 e. The summed E-state index contributed by atoms with van der Waals surface area (Å²) < 4.78 is 1.85. The molecule has 0 aliphatic rings. The molecule has 2 rings (SSSR count). The van der Waals surface area contributed by atoms with Gasteiger partial charge in [0.15, 0.2) is 0 Å². The quantitative estimate of drug-likeness (QED) is 0.740. The van der Waals surface area contributed by atoms with Crippen molar-refractivity contribution in [3.8, 4) is 0 Å². The number of hydrogen-bond acceptors (Lipinski definition) is 3. The molecule has 0 spiro atoms. The number of fused-ring (bicyclic) bond motifs is 1. The molecule has 0 atom stereocenters. The first-order valence-corrected chi connectivity index (χ1v) is 4.32. The maximum Gasteiger partial charge on any atom is 0.0877 e. The molecule has 2 heterocycles. The minimum Gasteiger partial charge on any atom is -0.319 e. The van der Waals surface area contributed by atoms with Gasteiger partial charge in [-0.25, -0.2) is 4.52 Å². The highest BCUT2D eigenvalue weighted by Crippen LogP contribution is 2.08. The Bertz CT molecular complexity index is 393. The van der Waals surface area contributed by atoms with Crippen LogP contribution >= 0.6 is 0 Å². The van der Waals surface area contributed by atoms with Crippen LogP contribution in [0, 0.1) is 0 Å². The summed E-state index contributed by atoms with van der Waals surface area (Å²) >= 11 is 0. The van der Waals surface area contributed by atoms with Crippen molar-refractivity contribution < 1.29 is 0 Å². The van der Waals surface area contributed by atoms with E-state index in [1.54, 1.807) is 6.20 Å². The Morgan fingerprint density at radius 3 is 3.23 bits per heavy atom. The number of nitrogens with one attached hydrogen (secondary N) is 1. The van der Waals surface area contributed by atoms with E-state index in [9.17, 15) is 0 Å². The van der Waals surface area contributed by atoms with Crippen LogP contribution < -0.4 is 5.32 Å². The van der Waals surface area contributed by atoms with E-state index in [1.807, 2.05) is 30.2 Å². The van der Waals surface area contributed by atoms with Crippen LogP contribution in [0.25, 0.3) is 5.52 Å². The van der Waals surface area contributed by atoms with Gasteiger partial charge < -0.3 is 5.32 Å². The van der Waals surface area contributed by atoms with Crippen LogP contribution in [-0.2, 0) is 6.42 Å². The molecule has 0 bridgehead atoms. The molecule has 0 saturated heterocycles. The molecule has 0 unspecified atom stereocenters. The Morgan fingerprint density at radius 2 is 2.38 bits per heavy atom. The molecule has 1 N–H and O–H groups in total. The van der Waals surface area contributed by atoms with Crippen LogP contribution in [0.2, 0.25) is 0 Å². The van der Waals surface area contributed by atoms with Crippen molar-refractivity contribution in [2.75, 3.05) is 13.6 Å². The third-order valence-electron chi connectivity index (χ3n) is 2.05. The van der Waals surface area contributed by atoms with Gasteiger partial charge in [0.1, 0.15) is 0 Å². The van der Waals surface area contributed by atoms with Crippen LogP contribution in [0.3, 0.4) is 0 Å². The van der Waals surface area contributed by atoms with E-state index in [2.05, 4.69) is 15.4 Å². The zero-order valence-corrected chi connectivity index (χ0v) is 7.57. The Balaban J connectivity index is 2.35. The van der Waals surface area contributed by atoms with Gasteiger partial charge in [0.2, 0.25) is 0 Å². The molecule has 0 fully saturated rings. The fourth-order valence-corrected chi connectivity index (χ4v) is 1.34. The van der Waals surface area contributed by atoms with E-state index in [4.69, 9.17) is 0 Å². The van der Waals surface area contributed by atoms with Gasteiger partial charge in [-0.05, 0) is 20.0 Å². The van der Waals surface area contributed by atoms with Crippen LogP contribution in [-0.4, -0.2) is 28.2 Å². The number of likely N-dealkylation sites (N-methyl/N-ethyl adjacent to an activating group) is 1. The Kier molecular flexibility index (Phi) is 2.23. The summed E-state index contributed by atoms with van der Waals surface area (Å²) in [5.41, 5.74) is 2.33. The summed E-state index contributed by atoms with van der Waals surface area (Å²) in [6, 6.07) is 0. The van der Waals surface area contributed by atoms with Crippen molar-refractivity contribution in [2.24, 2.45) is 0 Å². The number of nitrogens with zero attached hydrogens (tertiary/aromatic N) is 3. The first-order valence-electron chi connectivity index (χ1n) is 4.32. The first-order chi connectivity index (χ1) is 6.42. The predicted molar refractivity (Wildman–Crippen MR) is 50.6 cm³/mol. The maximum atomic E-state index is 4.22. The second-order valence-corrected chi connectivity index (χ2v) is 2.93. The van der Waals surface area contributed by atoms with Crippen molar-refractivity contribution in [1.29, 1.82) is 0 Å². The molecule has 0 aromatic carbocycles. The summed E-state index contributed by atoms with van der Waals surface area (Å²) in [6.45, 7) is 0.968. The Morgan fingerprint density at radius 1 is 1.46 bits per heavy atom. The van der Waals surface area contributed by atoms with Gasteiger partial charge in [0.25, 0.3) is 0 Å². The summed E-state index contributed by atoms with van der Waals surface area (Å²) in [5, 5.41) is 7.33. The third kappa shape index (κ3) is 1.53. The van der Waals surface area contributed by atoms with E-state index < -0.39 is 0 Å². The van der Waals surface area contributed by atoms with Crippen LogP contribution in [0.5, 0.6) is 0 Å². The minimum absolute atomic E-state index is 0.968. The van der Waals surface area contributed by atoms with Crippen LogP contribution in [0.15, 0.2) is 24.8 Å². The standard InChI is InChI=1S/C9H12N4/c1-10-3-2-8-6-12-13-5-4-11-7-9(8)13/h4-7,10H,2-3H2,1H3. The summed E-state index contributed by atoms with van der Waals surface area (Å²) in [7, 11) is 1.95. The van der Waals surface area contributed by atoms with E-state index in [0.29, 0.717) is 0 Å². The van der Waals surface area contributed by atoms with Gasteiger partial charge in [0, 0.05) is 18.0 Å². The molecule has 2 aromatic rings. The number of aromatic nitrogens is 3. The van der Waals surface area contributed by atoms with Crippen molar-refractivity contribution >= 4 is 5.52 Å². The van der Waals surface area contributed by atoms with Gasteiger partial charge in [-0.3, -0.25) is 4.98 Å². The van der Waals surface area contributed by atoms with Gasteiger partial charge in [0.05, 0.1) is 17.9 Å². The molecular weight excluding hydrogens is 164 g/mol. The fourth-order valence-electron chi connectivity index (χ4n) is 1.34. The summed E-state index contributed by atoms with van der Waals surface area (Å²) in [4.78, 5) is 4.07. The molecule has 4 nitrogen and oxygen atoms in total. The molecule has 0 radical (unpaired) electrons. The third-order valence-corrected chi connectivity index (χ3v) is 2.05. The SMILES string of the molecule is CNCCc1cnn2ccncc12. The molecule has 13 heavy (non-hydrogen) atoms. The van der Waals surface area contributed by atoms with Gasteiger partial charge in [-0.15, -0.1) is 0 Å². The molecule has 0 aliphatic heterocycles. The lowest BCUT2D eigenvalue weighted by atomic mass is 10.2. The molecule has 4 heteroatoms. The highest BCUT2D eigenvalue weighted by Gasteiger charge is 2.01. The molecule has 68 valence electrons. The van der Waals surface area contributed by atoms with Gasteiger partial charge in [-0.2, -0.15) is 5.10 Å². The molecule has 0 aliphatic carbocycles. The molecule has 2 aromatic heterocycles. The maximum absolute atomic E-state index is 4.22. The lowest BCUT2D eigenvalue weighted by Gasteiger charge is -1.96. The van der Waals surface area contributed by atoms with E-state index in [-0.39, 0.29) is 0 Å². The largest absolute Gasteiger partial charge is 0.319 e. The Hall–Kier alpha value is -1.42. The molecule has 0 amide bonds. The van der Waals surface area contributed by atoms with Crippen molar-refractivity contribution in [1.82, 2.24) is 19.9 Å². The van der Waals surface area contributed by atoms with Crippen LogP contribution in [0.1, 0.15) is 5.56 Å². The second kappa shape index (κ2) is 3.53. The van der Waals surface area contributed by atoms with Gasteiger partial charge >= 0.3 is 0 Å². The lowest BCUT2D eigenvalue weighted by Crippen LogP contribution is -2.10. The topological polar surface area (TPSA) is 42.2 Å². The van der Waals surface area contributed by atoms with Crippen molar-refractivity contribution in [3.63, 3.8) is 0 Å². The monoisotopic (exact) mass is 176 g/mol. The minimum atomic E-state index is 0.968. The molecular formula is C9H12N4. The average Bonchev–Trinajstić information content (AvgIpc) is 2.58. The summed E-state index contributed by atoms with van der Waals surface area (Å²) in [5.74, 6) is 0. The second-order valence-electron chi connectivity index (χ2n) is 2.93. The highest BCUT2D eigenvalue weighted by atomic mass is 15.2. The van der Waals surface area contributed by atoms with Crippen molar-refractivity contribution in [3.05, 3.63) is 30.4 Å². The molecule has 0 saturated carbocycles. The van der Waals surface area contributed by atoms with E-state index in [0.717, 1.165) is 18.5 Å². The number of hydrogen-bond donors (Lipinski definition) is 1. The number of rotatable bonds is 3.